The van der Waals surface area contributed by atoms with Crippen molar-refractivity contribution in [3.8, 4) is 0 Å². The highest BCUT2D eigenvalue weighted by molar-refractivity contribution is 9.10. The molecule has 0 saturated heterocycles. The molecule has 0 amide bonds. The lowest BCUT2D eigenvalue weighted by Gasteiger charge is -2.14. The zero-order valence-electron chi connectivity index (χ0n) is 9.60. The van der Waals surface area contributed by atoms with Crippen LogP contribution in [0.4, 0.5) is 0 Å². The molecule has 1 aromatic heterocycles. The Balaban J connectivity index is 2.20. The second-order valence-corrected chi connectivity index (χ2v) is 4.89. The van der Waals surface area contributed by atoms with Crippen molar-refractivity contribution in [1.82, 2.24) is 4.98 Å². The van der Waals surface area contributed by atoms with E-state index in [0.717, 1.165) is 21.2 Å². The summed E-state index contributed by atoms with van der Waals surface area (Å²) in [6, 6.07) is 9.75. The third-order valence-electron chi connectivity index (χ3n) is 2.82. The van der Waals surface area contributed by atoms with Gasteiger partial charge in [-0.3, -0.25) is 4.98 Å². The lowest BCUT2D eigenvalue weighted by molar-refractivity contribution is 0.177. The number of hydrogen-bond donors (Lipinski definition) is 1. The molecule has 0 fully saturated rings. The molecule has 0 spiro atoms. The zero-order chi connectivity index (χ0) is 12.3. The summed E-state index contributed by atoms with van der Waals surface area (Å²) in [7, 11) is 0. The molecule has 1 aromatic carbocycles. The van der Waals surface area contributed by atoms with Gasteiger partial charge in [-0.2, -0.15) is 0 Å². The molecule has 1 unspecified atom stereocenters. The molecular formula is C14H14BrNO. The zero-order valence-corrected chi connectivity index (χ0v) is 11.2. The first kappa shape index (κ1) is 12.3. The average molecular weight is 292 g/mol. The van der Waals surface area contributed by atoms with Crippen LogP contribution in [0, 0.1) is 6.92 Å². The molecule has 2 aromatic rings. The van der Waals surface area contributed by atoms with Crippen LogP contribution in [0.2, 0.25) is 0 Å². The van der Waals surface area contributed by atoms with Crippen molar-refractivity contribution in [2.24, 2.45) is 0 Å². The Bertz CT molecular complexity index is 499. The van der Waals surface area contributed by atoms with Crippen molar-refractivity contribution in [3.63, 3.8) is 0 Å². The smallest absolute Gasteiger partial charge is 0.0833 e. The Morgan fingerprint density at radius 2 is 2.12 bits per heavy atom. The van der Waals surface area contributed by atoms with Crippen molar-refractivity contribution in [1.29, 1.82) is 0 Å². The first-order valence-corrected chi connectivity index (χ1v) is 6.30. The Morgan fingerprint density at radius 3 is 2.82 bits per heavy atom. The van der Waals surface area contributed by atoms with Crippen molar-refractivity contribution in [3.05, 3.63) is 63.9 Å². The van der Waals surface area contributed by atoms with E-state index in [0.29, 0.717) is 6.42 Å². The summed E-state index contributed by atoms with van der Waals surface area (Å²) in [6.45, 7) is 2.01. The number of nitrogens with zero attached hydrogens (tertiary/aromatic N) is 1. The quantitative estimate of drug-likeness (QED) is 0.940. The molecule has 2 rings (SSSR count). The van der Waals surface area contributed by atoms with E-state index in [4.69, 9.17) is 0 Å². The summed E-state index contributed by atoms with van der Waals surface area (Å²) in [4.78, 5) is 4.05. The molecule has 3 heteroatoms. The Kier molecular flexibility index (Phi) is 3.92. The second-order valence-electron chi connectivity index (χ2n) is 4.04. The van der Waals surface area contributed by atoms with Gasteiger partial charge in [0.1, 0.15) is 0 Å². The standard InChI is InChI=1S/C14H14BrNO/c1-10-12(5-2-6-13(10)15)14(17)8-11-4-3-7-16-9-11/h2-7,9,14,17H,8H2,1H3. The second kappa shape index (κ2) is 5.43. The van der Waals surface area contributed by atoms with Crippen molar-refractivity contribution < 1.29 is 5.11 Å². The van der Waals surface area contributed by atoms with Crippen LogP contribution in [0.3, 0.4) is 0 Å². The van der Waals surface area contributed by atoms with E-state index >= 15 is 0 Å². The highest BCUT2D eigenvalue weighted by atomic mass is 79.9. The minimum absolute atomic E-state index is 0.489. The molecule has 0 radical (unpaired) electrons. The summed E-state index contributed by atoms with van der Waals surface area (Å²) < 4.78 is 1.03. The molecule has 0 aliphatic heterocycles. The van der Waals surface area contributed by atoms with Crippen molar-refractivity contribution >= 4 is 15.9 Å². The lowest BCUT2D eigenvalue weighted by Crippen LogP contribution is -2.04. The number of benzene rings is 1. The number of hydrogen-bond acceptors (Lipinski definition) is 2. The van der Waals surface area contributed by atoms with Gasteiger partial charge in [0.15, 0.2) is 0 Å². The number of pyridine rings is 1. The van der Waals surface area contributed by atoms with E-state index in [2.05, 4.69) is 20.9 Å². The van der Waals surface area contributed by atoms with Gasteiger partial charge in [-0.05, 0) is 35.7 Å². The molecule has 0 aliphatic rings. The van der Waals surface area contributed by atoms with Gasteiger partial charge < -0.3 is 5.11 Å². The van der Waals surface area contributed by atoms with Crippen LogP contribution in [0.25, 0.3) is 0 Å². The highest BCUT2D eigenvalue weighted by Crippen LogP contribution is 2.26. The van der Waals surface area contributed by atoms with Crippen molar-refractivity contribution in [2.45, 2.75) is 19.4 Å². The normalized spacial score (nSPS) is 12.4. The highest BCUT2D eigenvalue weighted by Gasteiger charge is 2.12. The predicted molar refractivity (Wildman–Crippen MR) is 71.8 cm³/mol. The molecule has 17 heavy (non-hydrogen) atoms. The minimum atomic E-state index is -0.489. The fourth-order valence-corrected chi connectivity index (χ4v) is 2.22. The minimum Gasteiger partial charge on any atom is -0.388 e. The van der Waals surface area contributed by atoms with Gasteiger partial charge in [0.05, 0.1) is 6.10 Å². The predicted octanol–water partition coefficient (Wildman–Crippen LogP) is 3.43. The van der Waals surface area contributed by atoms with E-state index in [1.807, 2.05) is 37.3 Å². The number of aliphatic hydroxyl groups is 1. The van der Waals surface area contributed by atoms with Gasteiger partial charge in [0.2, 0.25) is 0 Å². The fourth-order valence-electron chi connectivity index (χ4n) is 1.84. The maximum absolute atomic E-state index is 10.2. The lowest BCUT2D eigenvalue weighted by atomic mass is 9.98. The Labute approximate surface area is 109 Å². The van der Waals surface area contributed by atoms with Gasteiger partial charge in [0.25, 0.3) is 0 Å². The van der Waals surface area contributed by atoms with Crippen LogP contribution in [-0.4, -0.2) is 10.1 Å². The number of rotatable bonds is 3. The van der Waals surface area contributed by atoms with Gasteiger partial charge in [-0.25, -0.2) is 0 Å². The van der Waals surface area contributed by atoms with Crippen LogP contribution >= 0.6 is 15.9 Å². The molecule has 0 saturated carbocycles. The van der Waals surface area contributed by atoms with E-state index in [1.165, 1.54) is 0 Å². The molecule has 1 heterocycles. The maximum atomic E-state index is 10.2. The monoisotopic (exact) mass is 291 g/mol. The number of aliphatic hydroxyl groups excluding tert-OH is 1. The molecule has 2 nitrogen and oxygen atoms in total. The largest absolute Gasteiger partial charge is 0.388 e. The average Bonchev–Trinajstić information content (AvgIpc) is 2.34. The summed E-state index contributed by atoms with van der Waals surface area (Å²) >= 11 is 3.48. The molecule has 88 valence electrons. The van der Waals surface area contributed by atoms with Crippen LogP contribution < -0.4 is 0 Å². The first-order valence-electron chi connectivity index (χ1n) is 5.50. The van der Waals surface area contributed by atoms with Gasteiger partial charge in [-0.15, -0.1) is 0 Å². The van der Waals surface area contributed by atoms with Gasteiger partial charge in [0, 0.05) is 23.3 Å². The Morgan fingerprint density at radius 1 is 1.29 bits per heavy atom. The summed E-state index contributed by atoms with van der Waals surface area (Å²) in [6.07, 6.45) is 3.62. The van der Waals surface area contributed by atoms with E-state index in [-0.39, 0.29) is 0 Å². The molecule has 0 aliphatic carbocycles. The molecular weight excluding hydrogens is 278 g/mol. The SMILES string of the molecule is Cc1c(Br)cccc1C(O)Cc1cccnc1. The molecule has 0 bridgehead atoms. The number of halogens is 1. The first-order chi connectivity index (χ1) is 8.18. The van der Waals surface area contributed by atoms with Crippen LogP contribution in [0.15, 0.2) is 47.2 Å². The Hall–Kier alpha value is -1.19. The van der Waals surface area contributed by atoms with Crippen molar-refractivity contribution in [2.75, 3.05) is 0 Å². The topological polar surface area (TPSA) is 33.1 Å². The molecule has 1 atom stereocenters. The van der Waals surface area contributed by atoms with E-state index < -0.39 is 6.10 Å². The third-order valence-corrected chi connectivity index (χ3v) is 3.68. The number of aromatic nitrogens is 1. The van der Waals surface area contributed by atoms with Crippen LogP contribution in [0.1, 0.15) is 22.8 Å². The summed E-state index contributed by atoms with van der Waals surface area (Å²) in [5.41, 5.74) is 3.09. The maximum Gasteiger partial charge on any atom is 0.0833 e. The van der Waals surface area contributed by atoms with Crippen LogP contribution in [0.5, 0.6) is 0 Å². The summed E-state index contributed by atoms with van der Waals surface area (Å²) in [5, 5.41) is 10.2. The fraction of sp³-hybridized carbons (Fsp3) is 0.214. The van der Waals surface area contributed by atoms with E-state index in [1.54, 1.807) is 12.4 Å². The van der Waals surface area contributed by atoms with Gasteiger partial charge >= 0.3 is 0 Å². The van der Waals surface area contributed by atoms with Crippen LogP contribution in [-0.2, 0) is 6.42 Å². The van der Waals surface area contributed by atoms with Gasteiger partial charge in [-0.1, -0.05) is 34.1 Å². The summed E-state index contributed by atoms with van der Waals surface area (Å²) in [5.74, 6) is 0. The van der Waals surface area contributed by atoms with E-state index in [9.17, 15) is 5.11 Å². The molecule has 1 N–H and O–H groups in total. The third kappa shape index (κ3) is 2.93.